The number of nitrogens with two attached hydrogens (primary N) is 1. The SMILES string of the molecule is Cc1nc2nc(Cc3ccc(F)cc3)[nH]n2c1CN. The molecule has 0 radical (unpaired) electrons. The molecule has 3 rings (SSSR count). The van der Waals surface area contributed by atoms with E-state index in [1.165, 1.54) is 12.1 Å². The molecular weight excluding hydrogens is 245 g/mol. The quantitative estimate of drug-likeness (QED) is 0.749. The number of hydrogen-bond acceptors (Lipinski definition) is 3. The van der Waals surface area contributed by atoms with Crippen LogP contribution in [-0.2, 0) is 13.0 Å². The van der Waals surface area contributed by atoms with Crippen molar-refractivity contribution >= 4 is 5.78 Å². The summed E-state index contributed by atoms with van der Waals surface area (Å²) in [5, 5.41) is 3.17. The van der Waals surface area contributed by atoms with E-state index in [2.05, 4.69) is 15.1 Å². The Balaban J connectivity index is 1.93. The van der Waals surface area contributed by atoms with Crippen LogP contribution in [0.25, 0.3) is 5.78 Å². The first-order valence-corrected chi connectivity index (χ1v) is 6.04. The molecule has 3 N–H and O–H groups in total. The van der Waals surface area contributed by atoms with E-state index in [9.17, 15) is 4.39 Å². The number of aryl methyl sites for hydroxylation is 1. The summed E-state index contributed by atoms with van der Waals surface area (Å²) in [5.41, 5.74) is 8.49. The minimum Gasteiger partial charge on any atom is -0.325 e. The van der Waals surface area contributed by atoms with Gasteiger partial charge in [0.25, 0.3) is 5.78 Å². The summed E-state index contributed by atoms with van der Waals surface area (Å²) in [5.74, 6) is 1.16. The van der Waals surface area contributed by atoms with E-state index < -0.39 is 0 Å². The lowest BCUT2D eigenvalue weighted by Crippen LogP contribution is -2.03. The molecule has 0 aliphatic carbocycles. The maximum atomic E-state index is 12.8. The predicted octanol–water partition coefficient (Wildman–Crippen LogP) is 1.55. The molecule has 2 aromatic heterocycles. The Morgan fingerprint density at radius 1 is 1.26 bits per heavy atom. The van der Waals surface area contributed by atoms with Gasteiger partial charge in [0.15, 0.2) is 0 Å². The minimum absolute atomic E-state index is 0.237. The van der Waals surface area contributed by atoms with Gasteiger partial charge in [-0.1, -0.05) is 12.1 Å². The zero-order valence-electron chi connectivity index (χ0n) is 10.5. The van der Waals surface area contributed by atoms with E-state index in [-0.39, 0.29) is 5.82 Å². The van der Waals surface area contributed by atoms with Crippen LogP contribution >= 0.6 is 0 Å². The van der Waals surface area contributed by atoms with Gasteiger partial charge in [-0.2, -0.15) is 4.98 Å². The van der Waals surface area contributed by atoms with E-state index in [0.717, 1.165) is 22.8 Å². The summed E-state index contributed by atoms with van der Waals surface area (Å²) in [7, 11) is 0. The van der Waals surface area contributed by atoms with E-state index >= 15 is 0 Å². The van der Waals surface area contributed by atoms with Gasteiger partial charge in [0.05, 0.1) is 11.4 Å². The number of benzene rings is 1. The fourth-order valence-electron chi connectivity index (χ4n) is 2.13. The Morgan fingerprint density at radius 2 is 2.00 bits per heavy atom. The standard InChI is InChI=1S/C13H14FN5/c1-8-11(7-15)19-13(16-8)17-12(18-19)6-9-2-4-10(14)5-3-9/h2-5H,6-7,15H2,1H3,(H,16,17,18). The summed E-state index contributed by atoms with van der Waals surface area (Å²) >= 11 is 0. The lowest BCUT2D eigenvalue weighted by atomic mass is 10.1. The van der Waals surface area contributed by atoms with Gasteiger partial charge in [0.1, 0.15) is 11.6 Å². The van der Waals surface area contributed by atoms with Crippen LogP contribution in [0.1, 0.15) is 22.8 Å². The fraction of sp³-hybridized carbons (Fsp3) is 0.231. The van der Waals surface area contributed by atoms with Crippen molar-refractivity contribution in [2.24, 2.45) is 5.73 Å². The van der Waals surface area contributed by atoms with E-state index in [1.54, 1.807) is 16.6 Å². The number of halogens is 1. The molecule has 0 unspecified atom stereocenters. The topological polar surface area (TPSA) is 72.0 Å². The first-order valence-electron chi connectivity index (χ1n) is 6.04. The molecule has 6 heteroatoms. The molecule has 3 aromatic rings. The van der Waals surface area contributed by atoms with Crippen molar-refractivity contribution < 1.29 is 4.39 Å². The minimum atomic E-state index is -0.237. The molecular formula is C13H14FN5. The maximum absolute atomic E-state index is 12.8. The second-order valence-electron chi connectivity index (χ2n) is 4.46. The zero-order valence-corrected chi connectivity index (χ0v) is 10.5. The number of aromatic amines is 1. The largest absolute Gasteiger partial charge is 0.325 e. The normalized spacial score (nSPS) is 11.3. The summed E-state index contributed by atoms with van der Waals surface area (Å²) in [6, 6.07) is 6.38. The van der Waals surface area contributed by atoms with Gasteiger partial charge in [0, 0.05) is 13.0 Å². The van der Waals surface area contributed by atoms with Crippen molar-refractivity contribution in [3.63, 3.8) is 0 Å². The Labute approximate surface area is 109 Å². The van der Waals surface area contributed by atoms with Gasteiger partial charge in [-0.25, -0.2) is 13.9 Å². The molecule has 0 saturated carbocycles. The van der Waals surface area contributed by atoms with Gasteiger partial charge in [-0.3, -0.25) is 5.10 Å². The van der Waals surface area contributed by atoms with Gasteiger partial charge < -0.3 is 5.73 Å². The number of imidazole rings is 1. The molecule has 0 fully saturated rings. The first-order chi connectivity index (χ1) is 9.17. The third-order valence-electron chi connectivity index (χ3n) is 3.11. The Kier molecular flexibility index (Phi) is 2.79. The first kappa shape index (κ1) is 11.9. The van der Waals surface area contributed by atoms with E-state index in [4.69, 9.17) is 5.73 Å². The van der Waals surface area contributed by atoms with E-state index in [1.807, 2.05) is 6.92 Å². The summed E-state index contributed by atoms with van der Waals surface area (Å²) in [6.07, 6.45) is 0.604. The number of H-pyrrole nitrogens is 1. The van der Waals surface area contributed by atoms with Crippen molar-refractivity contribution in [2.45, 2.75) is 19.9 Å². The van der Waals surface area contributed by atoms with Crippen molar-refractivity contribution in [1.29, 1.82) is 0 Å². The monoisotopic (exact) mass is 259 g/mol. The zero-order chi connectivity index (χ0) is 13.4. The molecule has 0 aliphatic heterocycles. The number of nitrogens with zero attached hydrogens (tertiary/aromatic N) is 3. The molecule has 0 saturated heterocycles. The molecule has 2 heterocycles. The van der Waals surface area contributed by atoms with Crippen LogP contribution in [0.5, 0.6) is 0 Å². The van der Waals surface area contributed by atoms with Crippen molar-refractivity contribution in [3.05, 3.63) is 52.9 Å². The van der Waals surface area contributed by atoms with Gasteiger partial charge >= 0.3 is 0 Å². The van der Waals surface area contributed by atoms with Crippen LogP contribution in [-0.4, -0.2) is 19.6 Å². The third-order valence-corrected chi connectivity index (χ3v) is 3.11. The summed E-state index contributed by atoms with van der Waals surface area (Å²) in [4.78, 5) is 8.75. The second kappa shape index (κ2) is 4.47. The number of fused-ring (bicyclic) bond motifs is 1. The summed E-state index contributed by atoms with van der Waals surface area (Å²) in [6.45, 7) is 2.32. The lowest BCUT2D eigenvalue weighted by molar-refractivity contribution is 0.627. The van der Waals surface area contributed by atoms with Gasteiger partial charge in [-0.05, 0) is 24.6 Å². The van der Waals surface area contributed by atoms with Crippen LogP contribution in [0.3, 0.4) is 0 Å². The number of nitrogens with one attached hydrogen (secondary N) is 1. The van der Waals surface area contributed by atoms with Crippen LogP contribution in [0.15, 0.2) is 24.3 Å². The molecule has 19 heavy (non-hydrogen) atoms. The van der Waals surface area contributed by atoms with Crippen LogP contribution in [0, 0.1) is 12.7 Å². The Morgan fingerprint density at radius 3 is 2.68 bits per heavy atom. The highest BCUT2D eigenvalue weighted by atomic mass is 19.1. The fourth-order valence-corrected chi connectivity index (χ4v) is 2.13. The Bertz CT molecular complexity index is 711. The molecule has 1 aromatic carbocycles. The maximum Gasteiger partial charge on any atom is 0.251 e. The number of aromatic nitrogens is 4. The highest BCUT2D eigenvalue weighted by Crippen LogP contribution is 2.12. The molecule has 98 valence electrons. The van der Waals surface area contributed by atoms with Crippen LogP contribution in [0.2, 0.25) is 0 Å². The predicted molar refractivity (Wildman–Crippen MR) is 69.2 cm³/mol. The highest BCUT2D eigenvalue weighted by molar-refractivity contribution is 5.35. The molecule has 0 atom stereocenters. The highest BCUT2D eigenvalue weighted by Gasteiger charge is 2.11. The average molecular weight is 259 g/mol. The van der Waals surface area contributed by atoms with Gasteiger partial charge in [-0.15, -0.1) is 0 Å². The molecule has 0 amide bonds. The average Bonchev–Trinajstić information content (AvgIpc) is 2.88. The second-order valence-corrected chi connectivity index (χ2v) is 4.46. The van der Waals surface area contributed by atoms with Crippen molar-refractivity contribution in [2.75, 3.05) is 0 Å². The Hall–Kier alpha value is -2.21. The third kappa shape index (κ3) is 2.10. The molecule has 0 aliphatic rings. The number of rotatable bonds is 3. The summed E-state index contributed by atoms with van der Waals surface area (Å²) < 4.78 is 14.6. The van der Waals surface area contributed by atoms with Crippen LogP contribution in [0.4, 0.5) is 4.39 Å². The molecule has 0 spiro atoms. The van der Waals surface area contributed by atoms with E-state index in [0.29, 0.717) is 18.7 Å². The van der Waals surface area contributed by atoms with Crippen molar-refractivity contribution in [3.8, 4) is 0 Å². The molecule has 5 nitrogen and oxygen atoms in total. The van der Waals surface area contributed by atoms with Gasteiger partial charge in [0.2, 0.25) is 0 Å². The lowest BCUT2D eigenvalue weighted by Gasteiger charge is -1.98. The van der Waals surface area contributed by atoms with Crippen molar-refractivity contribution in [1.82, 2.24) is 19.6 Å². The molecule has 0 bridgehead atoms. The smallest absolute Gasteiger partial charge is 0.251 e. The number of hydrogen-bond donors (Lipinski definition) is 2. The van der Waals surface area contributed by atoms with Crippen LogP contribution < -0.4 is 5.73 Å².